The maximum Gasteiger partial charge on any atom is 0.164 e. The Morgan fingerprint density at radius 1 is 0.136 bits per heavy atom. The fourth-order valence-electron chi connectivity index (χ4n) is 20.3. The summed E-state index contributed by atoms with van der Waals surface area (Å²) in [6.45, 7) is 0. The van der Waals surface area contributed by atoms with Crippen LogP contribution in [0, 0.1) is 0 Å². The van der Waals surface area contributed by atoms with Crippen molar-refractivity contribution in [3.8, 4) is 148 Å². The van der Waals surface area contributed by atoms with Gasteiger partial charge < -0.3 is 0 Å². The van der Waals surface area contributed by atoms with Crippen molar-refractivity contribution in [3.05, 3.63) is 479 Å². The van der Waals surface area contributed by atoms with Crippen LogP contribution in [-0.4, -0.2) is 59.8 Å². The second-order valence-corrected chi connectivity index (χ2v) is 36.1. The normalized spacial score (nSPS) is 14.5. The van der Waals surface area contributed by atoms with Crippen LogP contribution >= 0.6 is 22.7 Å². The third-order valence-corrected chi connectivity index (χ3v) is 28.6. The molecule has 132 heavy (non-hydrogen) atoms. The van der Waals surface area contributed by atoms with Gasteiger partial charge in [0, 0.05) is 131 Å². The molecule has 6 aromatic heterocycles. The molecular weight excluding hydrogens is 1650 g/mol. The van der Waals surface area contributed by atoms with Crippen LogP contribution in [0.3, 0.4) is 0 Å². The van der Waals surface area contributed by atoms with Crippen molar-refractivity contribution in [2.45, 2.75) is 23.7 Å². The highest BCUT2D eigenvalue weighted by atomic mass is 32.1. The van der Waals surface area contributed by atoms with E-state index in [-0.39, 0.29) is 23.7 Å². The highest BCUT2D eigenvalue weighted by Gasteiger charge is 2.44. The molecule has 0 saturated heterocycles. The Bertz CT molecular complexity index is 8430. The number of benzene rings is 17. The van der Waals surface area contributed by atoms with Gasteiger partial charge in [0.15, 0.2) is 69.9 Å². The SMILES string of the molecule is c1ccc(-c2nc(-c3ccccc3)nc(-c3ccc4c(c3)C3c5ccccc5C4c4cc(-c5nc(-c6ccccc6)nc(-c6ccc(-c7cccc8sc9ccccc9c78)cc6)n5)ccc43)n2)cc1.c1ccc(-c2nc(-c3ccccc3)nc(-c3ccc4c(c3)C3c5ccccc5C4c4cc(-c5nc(-c6ccccc6)nc(-c6cccc7sc8ccccc8c67)n5)ccc43)n2)cc1. The van der Waals surface area contributed by atoms with Gasteiger partial charge in [-0.05, 0) is 126 Å². The molecule has 29 rings (SSSR count). The highest BCUT2D eigenvalue weighted by Crippen LogP contribution is 2.59. The van der Waals surface area contributed by atoms with Gasteiger partial charge in [0.1, 0.15) is 0 Å². The van der Waals surface area contributed by atoms with E-state index < -0.39 is 0 Å². The number of nitrogens with zero attached hydrogens (tertiary/aromatic N) is 12. The van der Waals surface area contributed by atoms with Gasteiger partial charge in [-0.3, -0.25) is 0 Å². The zero-order valence-corrected chi connectivity index (χ0v) is 72.4. The van der Waals surface area contributed by atoms with Gasteiger partial charge in [-0.1, -0.05) is 364 Å². The lowest BCUT2D eigenvalue weighted by Crippen LogP contribution is -2.27. The van der Waals surface area contributed by atoms with Gasteiger partial charge in [-0.2, -0.15) is 0 Å². The van der Waals surface area contributed by atoms with Crippen molar-refractivity contribution >= 4 is 63.0 Å². The van der Waals surface area contributed by atoms with E-state index in [1.807, 2.05) is 169 Å². The summed E-state index contributed by atoms with van der Waals surface area (Å²) in [6.07, 6.45) is 0. The summed E-state index contributed by atoms with van der Waals surface area (Å²) < 4.78 is 5.05. The molecule has 0 aliphatic heterocycles. The first kappa shape index (κ1) is 76.5. The molecule has 0 fully saturated rings. The Hall–Kier alpha value is -16.8. The number of aromatic nitrogens is 12. The number of hydrogen-bond donors (Lipinski definition) is 0. The second kappa shape index (κ2) is 31.6. The van der Waals surface area contributed by atoms with E-state index in [1.165, 1.54) is 113 Å². The van der Waals surface area contributed by atoms with Gasteiger partial charge in [-0.25, -0.2) is 59.8 Å². The maximum absolute atomic E-state index is 5.30. The van der Waals surface area contributed by atoms with Crippen LogP contribution in [0.4, 0.5) is 0 Å². The minimum absolute atomic E-state index is 0.0237. The Morgan fingerprint density at radius 3 is 0.636 bits per heavy atom. The van der Waals surface area contributed by atoms with Crippen molar-refractivity contribution in [1.29, 1.82) is 0 Å². The maximum atomic E-state index is 5.30. The van der Waals surface area contributed by atoms with Crippen molar-refractivity contribution in [2.24, 2.45) is 0 Å². The predicted octanol–water partition coefficient (Wildman–Crippen LogP) is 28.5. The molecule has 0 N–H and O–H groups in total. The number of rotatable bonds is 13. The molecule has 4 bridgehead atoms. The molecule has 12 nitrogen and oxygen atoms in total. The van der Waals surface area contributed by atoms with Gasteiger partial charge in [0.25, 0.3) is 0 Å². The summed E-state index contributed by atoms with van der Waals surface area (Å²) in [5, 5.41) is 4.97. The monoisotopic (exact) mass is 1720 g/mol. The minimum Gasteiger partial charge on any atom is -0.208 e. The van der Waals surface area contributed by atoms with Gasteiger partial charge >= 0.3 is 0 Å². The zero-order chi connectivity index (χ0) is 86.9. The van der Waals surface area contributed by atoms with Gasteiger partial charge in [0.2, 0.25) is 0 Å². The first-order chi connectivity index (χ1) is 65.4. The molecule has 6 aliphatic carbocycles. The van der Waals surface area contributed by atoms with Crippen LogP contribution in [-0.2, 0) is 0 Å². The Balaban J connectivity index is 0.000000139. The first-order valence-corrected chi connectivity index (χ1v) is 46.1. The Morgan fingerprint density at radius 2 is 0.341 bits per heavy atom. The van der Waals surface area contributed by atoms with Crippen molar-refractivity contribution in [2.75, 3.05) is 0 Å². The number of hydrogen-bond acceptors (Lipinski definition) is 14. The van der Waals surface area contributed by atoms with Gasteiger partial charge in [0.05, 0.1) is 0 Å². The molecule has 4 atom stereocenters. The zero-order valence-electron chi connectivity index (χ0n) is 70.8. The van der Waals surface area contributed by atoms with Crippen molar-refractivity contribution in [3.63, 3.8) is 0 Å². The molecule has 6 heterocycles. The molecule has 14 heteroatoms. The third kappa shape index (κ3) is 13.2. The lowest BCUT2D eigenvalue weighted by atomic mass is 9.61. The van der Waals surface area contributed by atoms with Crippen LogP contribution < -0.4 is 0 Å². The predicted molar refractivity (Wildman–Crippen MR) is 532 cm³/mol. The van der Waals surface area contributed by atoms with Crippen molar-refractivity contribution in [1.82, 2.24) is 59.8 Å². The quantitative estimate of drug-likeness (QED) is 0.108. The molecule has 4 unspecified atom stereocenters. The smallest absolute Gasteiger partial charge is 0.164 e. The molecule has 0 amide bonds. The van der Waals surface area contributed by atoms with E-state index in [0.29, 0.717) is 69.9 Å². The van der Waals surface area contributed by atoms with E-state index in [0.717, 1.165) is 72.3 Å². The van der Waals surface area contributed by atoms with Crippen LogP contribution in [0.2, 0.25) is 0 Å². The average Bonchev–Trinajstić information content (AvgIpc) is 1.21. The summed E-state index contributed by atoms with van der Waals surface area (Å²) in [5.41, 5.74) is 29.5. The summed E-state index contributed by atoms with van der Waals surface area (Å²) in [6, 6.07) is 145. The molecule has 616 valence electrons. The average molecular weight is 1720 g/mol. The van der Waals surface area contributed by atoms with Crippen LogP contribution in [0.15, 0.2) is 413 Å². The van der Waals surface area contributed by atoms with E-state index in [2.05, 4.69) is 255 Å². The second-order valence-electron chi connectivity index (χ2n) is 33.9. The third-order valence-electron chi connectivity index (χ3n) is 26.3. The summed E-state index contributed by atoms with van der Waals surface area (Å²) in [4.78, 5) is 61.5. The van der Waals surface area contributed by atoms with Crippen molar-refractivity contribution < 1.29 is 0 Å². The molecular formula is C118H72N12S2. The summed E-state index contributed by atoms with van der Waals surface area (Å²) in [5.74, 6) is 7.92. The molecule has 6 aliphatic rings. The van der Waals surface area contributed by atoms with Crippen LogP contribution in [0.1, 0.15) is 90.4 Å². The van der Waals surface area contributed by atoms with Gasteiger partial charge in [-0.15, -0.1) is 22.7 Å². The standard InChI is InChI=1S/C62H38N6S.C56H34N6S/c1-4-15-38(16-5-1)57-63-58(39-17-6-2-7-18-39)66-61(65-57)42-31-33-47-50(35-42)54-45-21-10-11-22-46(45)55(47)51-36-43(32-34-48(51)54)62-67-59(40-19-8-3-9-20-40)64-60(68-62)41-29-27-37(28-30-41)44-24-14-26-53-56(44)49-23-12-13-25-52(49)69-53;1-4-15-33(16-5-1)51-57-52(34-17-6-2-7-18-34)59-54(58-51)36-27-29-40-44(31-36)48-38-21-10-11-22-39(38)49(40)45-32-37(28-30-41(45)48)55-60-53(35-19-8-3-9-20-35)61-56(62-55)43-24-14-26-47-50(43)42-23-12-13-25-46(42)63-47/h1-36,54-55H;1-32,48-49H. The Labute approximate surface area is 768 Å². The first-order valence-electron chi connectivity index (χ1n) is 44.4. The Kier molecular flexibility index (Phi) is 18.3. The van der Waals surface area contributed by atoms with E-state index in [1.54, 1.807) is 11.3 Å². The van der Waals surface area contributed by atoms with E-state index >= 15 is 0 Å². The van der Waals surface area contributed by atoms with Crippen LogP contribution in [0.5, 0.6) is 0 Å². The summed E-state index contributed by atoms with van der Waals surface area (Å²) in [7, 11) is 0. The lowest BCUT2D eigenvalue weighted by molar-refractivity contribution is 0.754. The number of fused-ring (bicyclic) bond motifs is 6. The van der Waals surface area contributed by atoms with E-state index in [4.69, 9.17) is 59.8 Å². The number of thiophene rings is 2. The summed E-state index contributed by atoms with van der Waals surface area (Å²) >= 11 is 3.64. The fraction of sp³-hybridized carbons (Fsp3) is 0.0339. The largest absolute Gasteiger partial charge is 0.208 e. The van der Waals surface area contributed by atoms with E-state index in [9.17, 15) is 0 Å². The topological polar surface area (TPSA) is 155 Å². The highest BCUT2D eigenvalue weighted by molar-refractivity contribution is 7.26. The molecule has 17 aromatic carbocycles. The van der Waals surface area contributed by atoms with Crippen LogP contribution in [0.25, 0.3) is 188 Å². The fourth-order valence-corrected chi connectivity index (χ4v) is 22.6. The molecule has 23 aromatic rings. The molecule has 0 spiro atoms. The molecule has 0 radical (unpaired) electrons. The lowest BCUT2D eigenvalue weighted by Gasteiger charge is -2.42. The molecule has 0 saturated carbocycles. The minimum atomic E-state index is 0.0237.